The lowest BCUT2D eigenvalue weighted by Crippen LogP contribution is -2.53. The summed E-state index contributed by atoms with van der Waals surface area (Å²) < 4.78 is 5.37. The second-order valence-electron chi connectivity index (χ2n) is 10.5. The molecule has 2 aromatic rings. The molecule has 0 aliphatic rings. The van der Waals surface area contributed by atoms with Crippen molar-refractivity contribution in [2.24, 2.45) is 0 Å². The molecule has 0 aliphatic carbocycles. The lowest BCUT2D eigenvalue weighted by Gasteiger charge is -2.34. The zero-order valence-corrected chi connectivity index (χ0v) is 24.7. The van der Waals surface area contributed by atoms with Crippen LogP contribution in [0.1, 0.15) is 75.8 Å². The van der Waals surface area contributed by atoms with Gasteiger partial charge in [-0.1, -0.05) is 62.7 Å². The van der Waals surface area contributed by atoms with Crippen molar-refractivity contribution in [1.29, 1.82) is 0 Å². The first kappa shape index (κ1) is 31.2. The average Bonchev–Trinajstić information content (AvgIpc) is 2.86. The number of nitrogens with one attached hydrogen (secondary N) is 2. The van der Waals surface area contributed by atoms with Crippen molar-refractivity contribution in [2.75, 3.05) is 17.6 Å². The van der Waals surface area contributed by atoms with Crippen molar-refractivity contribution in [3.63, 3.8) is 0 Å². The van der Waals surface area contributed by atoms with Crippen LogP contribution in [-0.2, 0) is 20.7 Å². The van der Waals surface area contributed by atoms with Crippen LogP contribution >= 0.6 is 12.6 Å². The lowest BCUT2D eigenvalue weighted by atomic mass is 9.99. The minimum Gasteiger partial charge on any atom is -0.444 e. The molecule has 0 saturated heterocycles. The number of thiol groups is 1. The van der Waals surface area contributed by atoms with E-state index in [1.54, 1.807) is 25.7 Å². The molecule has 8 heteroatoms. The largest absolute Gasteiger partial charge is 0.444 e. The van der Waals surface area contributed by atoms with Gasteiger partial charge in [0.25, 0.3) is 5.91 Å². The number of hydrogen-bond donors (Lipinski definition) is 3. The molecule has 2 unspecified atom stereocenters. The Hall–Kier alpha value is -3.00. The van der Waals surface area contributed by atoms with Gasteiger partial charge in [0, 0.05) is 18.0 Å². The number of carbonyl (C=O) groups excluding carboxylic acids is 3. The van der Waals surface area contributed by atoms with Crippen LogP contribution in [0, 0.1) is 13.8 Å². The zero-order valence-electron chi connectivity index (χ0n) is 23.8. The molecule has 2 N–H and O–H groups in total. The number of hydrogen-bond acceptors (Lipinski definition) is 5. The standard InChI is InChI=1S/C30H43N3O4S/c1-8-10-18-33(28(35)24(19-38)31-29(36)37-30(5,6)7)26(23-16-14-22(9-2)15-17-23)27(34)32-25-20(3)12-11-13-21(25)4/h11-17,24,26,38H,8-10,18-19H2,1-7H3,(H,31,36)(H,32,34). The Bertz CT molecular complexity index is 1080. The normalized spacial score (nSPS) is 12.8. The Balaban J connectivity index is 2.51. The van der Waals surface area contributed by atoms with Gasteiger partial charge in [0.15, 0.2) is 0 Å². The molecule has 208 valence electrons. The van der Waals surface area contributed by atoms with E-state index in [0.717, 1.165) is 35.2 Å². The van der Waals surface area contributed by atoms with Gasteiger partial charge in [-0.3, -0.25) is 9.59 Å². The molecule has 0 fully saturated rings. The van der Waals surface area contributed by atoms with E-state index in [4.69, 9.17) is 4.74 Å². The molecule has 0 heterocycles. The highest BCUT2D eigenvalue weighted by Gasteiger charge is 2.36. The summed E-state index contributed by atoms with van der Waals surface area (Å²) in [5.41, 5.74) is 3.72. The van der Waals surface area contributed by atoms with Crippen LogP contribution in [0.15, 0.2) is 42.5 Å². The molecular formula is C30H43N3O4S. The predicted molar refractivity (Wildman–Crippen MR) is 157 cm³/mol. The van der Waals surface area contributed by atoms with E-state index in [2.05, 4.69) is 30.2 Å². The molecule has 0 aliphatic heterocycles. The van der Waals surface area contributed by atoms with Gasteiger partial charge in [0.1, 0.15) is 17.7 Å². The fraction of sp³-hybridized carbons (Fsp3) is 0.500. The van der Waals surface area contributed by atoms with E-state index in [9.17, 15) is 14.4 Å². The molecule has 0 spiro atoms. The zero-order chi connectivity index (χ0) is 28.5. The Labute approximate surface area is 233 Å². The minimum absolute atomic E-state index is 0.0563. The number of nitrogens with zero attached hydrogens (tertiary/aromatic N) is 1. The number of unbranched alkanes of at least 4 members (excludes halogenated alkanes) is 1. The van der Waals surface area contributed by atoms with Gasteiger partial charge >= 0.3 is 6.09 Å². The number of rotatable bonds is 11. The monoisotopic (exact) mass is 541 g/mol. The maximum Gasteiger partial charge on any atom is 0.408 e. The van der Waals surface area contributed by atoms with E-state index < -0.39 is 23.8 Å². The van der Waals surface area contributed by atoms with Gasteiger partial charge < -0.3 is 20.3 Å². The quantitative estimate of drug-likeness (QED) is 0.305. The van der Waals surface area contributed by atoms with E-state index in [0.29, 0.717) is 18.5 Å². The van der Waals surface area contributed by atoms with Crippen LogP contribution in [0.5, 0.6) is 0 Å². The number of alkyl carbamates (subject to hydrolysis) is 1. The van der Waals surface area contributed by atoms with Gasteiger partial charge in [0.2, 0.25) is 5.91 Å². The molecule has 0 aromatic heterocycles. The number of para-hydroxylation sites is 1. The molecule has 0 radical (unpaired) electrons. The second kappa shape index (κ2) is 14.2. The molecule has 0 bridgehead atoms. The molecule has 7 nitrogen and oxygen atoms in total. The molecule has 38 heavy (non-hydrogen) atoms. The van der Waals surface area contributed by atoms with Crippen molar-refractivity contribution in [1.82, 2.24) is 10.2 Å². The molecule has 3 amide bonds. The second-order valence-corrected chi connectivity index (χ2v) is 10.9. The molecule has 0 saturated carbocycles. The number of anilines is 1. The van der Waals surface area contributed by atoms with Gasteiger partial charge in [-0.2, -0.15) is 12.6 Å². The summed E-state index contributed by atoms with van der Waals surface area (Å²) in [6.45, 7) is 13.6. The third-order valence-electron chi connectivity index (χ3n) is 6.20. The SMILES string of the molecule is CCCCN(C(=O)C(CS)NC(=O)OC(C)(C)C)C(C(=O)Nc1c(C)cccc1C)c1ccc(CC)cc1. The summed E-state index contributed by atoms with van der Waals surface area (Å²) in [5, 5.41) is 5.73. The number of benzene rings is 2. The Morgan fingerprint density at radius 2 is 1.61 bits per heavy atom. The van der Waals surface area contributed by atoms with Gasteiger partial charge in [-0.05, 0) is 69.7 Å². The van der Waals surface area contributed by atoms with Gasteiger partial charge in [-0.15, -0.1) is 0 Å². The van der Waals surface area contributed by atoms with Crippen LogP contribution < -0.4 is 10.6 Å². The highest BCUT2D eigenvalue weighted by Crippen LogP contribution is 2.28. The van der Waals surface area contributed by atoms with Crippen LogP contribution in [0.4, 0.5) is 10.5 Å². The number of amides is 3. The molecular weight excluding hydrogens is 498 g/mol. The Kier molecular flexibility index (Phi) is 11.7. The van der Waals surface area contributed by atoms with Crippen LogP contribution in [0.3, 0.4) is 0 Å². The number of aryl methyl sites for hydroxylation is 3. The van der Waals surface area contributed by atoms with Crippen molar-refractivity contribution in [3.05, 3.63) is 64.7 Å². The summed E-state index contributed by atoms with van der Waals surface area (Å²) in [6.07, 6.45) is 1.68. The highest BCUT2D eigenvalue weighted by atomic mass is 32.1. The van der Waals surface area contributed by atoms with E-state index in [1.807, 2.05) is 63.2 Å². The van der Waals surface area contributed by atoms with E-state index in [1.165, 1.54) is 0 Å². The minimum atomic E-state index is -0.963. The number of ether oxygens (including phenoxy) is 1. The topological polar surface area (TPSA) is 87.7 Å². The van der Waals surface area contributed by atoms with Crippen LogP contribution in [-0.4, -0.2) is 46.7 Å². The van der Waals surface area contributed by atoms with E-state index >= 15 is 0 Å². The summed E-state index contributed by atoms with van der Waals surface area (Å²) >= 11 is 4.35. The smallest absolute Gasteiger partial charge is 0.408 e. The predicted octanol–water partition coefficient (Wildman–Crippen LogP) is 6.00. The average molecular weight is 542 g/mol. The fourth-order valence-corrected chi connectivity index (χ4v) is 4.39. The Morgan fingerprint density at radius 1 is 1.00 bits per heavy atom. The van der Waals surface area contributed by atoms with Crippen molar-refractivity contribution < 1.29 is 19.1 Å². The van der Waals surface area contributed by atoms with E-state index in [-0.39, 0.29) is 17.6 Å². The molecule has 2 atom stereocenters. The van der Waals surface area contributed by atoms with Crippen molar-refractivity contribution in [3.8, 4) is 0 Å². The van der Waals surface area contributed by atoms with Crippen molar-refractivity contribution >= 4 is 36.2 Å². The third kappa shape index (κ3) is 8.79. The highest BCUT2D eigenvalue weighted by molar-refractivity contribution is 7.80. The Morgan fingerprint density at radius 3 is 2.11 bits per heavy atom. The van der Waals surface area contributed by atoms with Crippen LogP contribution in [0.2, 0.25) is 0 Å². The van der Waals surface area contributed by atoms with Gasteiger partial charge in [0.05, 0.1) is 0 Å². The summed E-state index contributed by atoms with van der Waals surface area (Å²) in [4.78, 5) is 42.0. The first-order valence-electron chi connectivity index (χ1n) is 13.3. The maximum atomic E-state index is 14.0. The van der Waals surface area contributed by atoms with Gasteiger partial charge in [-0.25, -0.2) is 4.79 Å². The lowest BCUT2D eigenvalue weighted by molar-refractivity contribution is -0.140. The summed E-state index contributed by atoms with van der Waals surface area (Å²) in [6, 6.07) is 11.7. The maximum absolute atomic E-state index is 14.0. The summed E-state index contributed by atoms with van der Waals surface area (Å²) in [5.74, 6) is -0.646. The van der Waals surface area contributed by atoms with Crippen LogP contribution in [0.25, 0.3) is 0 Å². The summed E-state index contributed by atoms with van der Waals surface area (Å²) in [7, 11) is 0. The first-order valence-corrected chi connectivity index (χ1v) is 13.9. The first-order chi connectivity index (χ1) is 17.9. The van der Waals surface area contributed by atoms with Crippen molar-refractivity contribution in [2.45, 2.75) is 85.4 Å². The fourth-order valence-electron chi connectivity index (χ4n) is 4.14. The molecule has 2 aromatic carbocycles. The third-order valence-corrected chi connectivity index (χ3v) is 6.57. The number of carbonyl (C=O) groups is 3. The molecule has 2 rings (SSSR count).